The highest BCUT2D eigenvalue weighted by molar-refractivity contribution is 6.30. The highest BCUT2D eigenvalue weighted by Gasteiger charge is 2.35. The molecule has 2 fully saturated rings. The van der Waals surface area contributed by atoms with Crippen molar-refractivity contribution in [1.82, 2.24) is 10.2 Å². The highest BCUT2D eigenvalue weighted by atomic mass is 35.5. The van der Waals surface area contributed by atoms with Crippen LogP contribution in [-0.4, -0.2) is 31.1 Å². The lowest BCUT2D eigenvalue weighted by Gasteiger charge is -2.43. The van der Waals surface area contributed by atoms with Crippen molar-refractivity contribution < 1.29 is 4.39 Å². The molecule has 1 atom stereocenters. The quantitative estimate of drug-likeness (QED) is 0.915. The Morgan fingerprint density at radius 3 is 2.55 bits per heavy atom. The maximum atomic E-state index is 14.4. The van der Waals surface area contributed by atoms with E-state index in [1.807, 2.05) is 12.1 Å². The fourth-order valence-electron chi connectivity index (χ4n) is 3.21. The lowest BCUT2D eigenvalue weighted by Crippen LogP contribution is -2.48. The van der Waals surface area contributed by atoms with Crippen LogP contribution in [0.15, 0.2) is 18.2 Å². The molecule has 0 bridgehead atoms. The minimum atomic E-state index is -0.223. The van der Waals surface area contributed by atoms with Gasteiger partial charge in [0.15, 0.2) is 0 Å². The highest BCUT2D eigenvalue weighted by Crippen LogP contribution is 2.42. The van der Waals surface area contributed by atoms with Crippen molar-refractivity contribution in [3.05, 3.63) is 34.6 Å². The maximum Gasteiger partial charge on any atom is 0.146 e. The summed E-state index contributed by atoms with van der Waals surface area (Å²) in [5.74, 6) is 0.366. The van der Waals surface area contributed by atoms with E-state index in [1.54, 1.807) is 6.07 Å². The molecule has 1 aromatic rings. The number of rotatable bonds is 3. The molecule has 2 nitrogen and oxygen atoms in total. The number of nitrogens with zero attached hydrogens (tertiary/aromatic N) is 1. The third kappa shape index (κ3) is 3.11. The molecule has 5 heteroatoms. The van der Waals surface area contributed by atoms with Crippen LogP contribution >= 0.6 is 24.0 Å². The Balaban J connectivity index is 0.00000147. The minimum absolute atomic E-state index is 0. The van der Waals surface area contributed by atoms with E-state index >= 15 is 0 Å². The third-order valence-electron chi connectivity index (χ3n) is 4.44. The molecule has 20 heavy (non-hydrogen) atoms. The van der Waals surface area contributed by atoms with Crippen LogP contribution in [0.3, 0.4) is 0 Å². The fourth-order valence-corrected chi connectivity index (χ4v) is 3.40. The van der Waals surface area contributed by atoms with Crippen molar-refractivity contribution >= 4 is 24.0 Å². The largest absolute Gasteiger partial charge is 0.314 e. The SMILES string of the molecule is Cl.Fc1c(Cl)cccc1[C@H](C1CCC1)N1CCNCC1. The van der Waals surface area contributed by atoms with Crippen LogP contribution in [0.1, 0.15) is 30.9 Å². The van der Waals surface area contributed by atoms with Gasteiger partial charge in [0.1, 0.15) is 5.82 Å². The van der Waals surface area contributed by atoms with E-state index in [4.69, 9.17) is 11.6 Å². The molecule has 1 N–H and O–H groups in total. The van der Waals surface area contributed by atoms with Gasteiger partial charge in [-0.05, 0) is 24.8 Å². The Hall–Kier alpha value is -0.350. The van der Waals surface area contributed by atoms with Crippen LogP contribution < -0.4 is 5.32 Å². The van der Waals surface area contributed by atoms with Crippen molar-refractivity contribution in [3.8, 4) is 0 Å². The summed E-state index contributed by atoms with van der Waals surface area (Å²) in [5, 5.41) is 3.61. The Morgan fingerprint density at radius 1 is 1.25 bits per heavy atom. The van der Waals surface area contributed by atoms with Gasteiger partial charge in [-0.2, -0.15) is 0 Å². The fraction of sp³-hybridized carbons (Fsp3) is 0.600. The zero-order valence-corrected chi connectivity index (χ0v) is 13.0. The predicted molar refractivity (Wildman–Crippen MR) is 83.2 cm³/mol. The summed E-state index contributed by atoms with van der Waals surface area (Å²) in [5.41, 5.74) is 0.791. The Morgan fingerprint density at radius 2 is 1.95 bits per heavy atom. The second-order valence-corrected chi connectivity index (χ2v) is 5.97. The molecule has 1 aliphatic heterocycles. The monoisotopic (exact) mass is 318 g/mol. The van der Waals surface area contributed by atoms with Gasteiger partial charge in [0.05, 0.1) is 5.02 Å². The Bertz CT molecular complexity index is 445. The average molecular weight is 319 g/mol. The van der Waals surface area contributed by atoms with E-state index in [2.05, 4.69) is 10.2 Å². The van der Waals surface area contributed by atoms with Crippen LogP contribution in [0.2, 0.25) is 5.02 Å². The lowest BCUT2D eigenvalue weighted by atomic mass is 9.76. The number of nitrogens with one attached hydrogen (secondary N) is 1. The molecule has 0 radical (unpaired) electrons. The van der Waals surface area contributed by atoms with Gasteiger partial charge in [0.25, 0.3) is 0 Å². The van der Waals surface area contributed by atoms with Crippen LogP contribution in [0.5, 0.6) is 0 Å². The molecule has 112 valence electrons. The number of piperazine rings is 1. The summed E-state index contributed by atoms with van der Waals surface area (Å²) in [4.78, 5) is 2.43. The van der Waals surface area contributed by atoms with E-state index < -0.39 is 0 Å². The smallest absolute Gasteiger partial charge is 0.146 e. The summed E-state index contributed by atoms with van der Waals surface area (Å²) in [6.07, 6.45) is 3.69. The first-order valence-corrected chi connectivity index (χ1v) is 7.54. The second-order valence-electron chi connectivity index (χ2n) is 5.56. The molecule has 1 saturated carbocycles. The Labute approximate surface area is 131 Å². The summed E-state index contributed by atoms with van der Waals surface area (Å²) in [7, 11) is 0. The molecule has 1 aliphatic carbocycles. The molecule has 3 rings (SSSR count). The average Bonchev–Trinajstić information content (AvgIpc) is 2.38. The van der Waals surface area contributed by atoms with Gasteiger partial charge in [-0.3, -0.25) is 4.90 Å². The molecule has 0 spiro atoms. The number of hydrogen-bond donors (Lipinski definition) is 1. The number of hydrogen-bond acceptors (Lipinski definition) is 2. The summed E-state index contributed by atoms with van der Waals surface area (Å²) in [6, 6.07) is 5.62. The van der Waals surface area contributed by atoms with Crippen molar-refractivity contribution in [1.29, 1.82) is 0 Å². The normalized spacial score (nSPS) is 21.9. The van der Waals surface area contributed by atoms with Crippen LogP contribution in [0.25, 0.3) is 0 Å². The van der Waals surface area contributed by atoms with Crippen molar-refractivity contribution in [3.63, 3.8) is 0 Å². The van der Waals surface area contributed by atoms with E-state index in [0.717, 1.165) is 31.7 Å². The van der Waals surface area contributed by atoms with E-state index in [-0.39, 0.29) is 29.3 Å². The number of benzene rings is 1. The molecule has 1 aromatic carbocycles. The van der Waals surface area contributed by atoms with Gasteiger partial charge in [0.2, 0.25) is 0 Å². The van der Waals surface area contributed by atoms with Crippen LogP contribution in [0.4, 0.5) is 4.39 Å². The zero-order valence-electron chi connectivity index (χ0n) is 11.4. The lowest BCUT2D eigenvalue weighted by molar-refractivity contribution is 0.0812. The minimum Gasteiger partial charge on any atom is -0.314 e. The third-order valence-corrected chi connectivity index (χ3v) is 4.73. The summed E-state index contributed by atoms with van der Waals surface area (Å²) < 4.78 is 14.4. The molecular formula is C15H21Cl2FN2. The van der Waals surface area contributed by atoms with E-state index in [1.165, 1.54) is 19.3 Å². The first-order chi connectivity index (χ1) is 9.27. The zero-order chi connectivity index (χ0) is 13.2. The standard InChI is InChI=1S/C15H20ClFN2.ClH/c16-13-6-2-5-12(14(13)17)15(11-3-1-4-11)19-9-7-18-8-10-19;/h2,5-6,11,15,18H,1,3-4,7-10H2;1H/t15-;/m0./s1. The molecule has 0 amide bonds. The van der Waals surface area contributed by atoms with E-state index in [0.29, 0.717) is 5.92 Å². The summed E-state index contributed by atoms with van der Waals surface area (Å²) >= 11 is 5.96. The number of halogens is 3. The van der Waals surface area contributed by atoms with Gasteiger partial charge in [-0.25, -0.2) is 4.39 Å². The Kier molecular flexibility index (Phi) is 5.67. The van der Waals surface area contributed by atoms with Gasteiger partial charge in [0, 0.05) is 37.8 Å². The van der Waals surface area contributed by atoms with Crippen molar-refractivity contribution in [2.24, 2.45) is 5.92 Å². The van der Waals surface area contributed by atoms with Crippen LogP contribution in [-0.2, 0) is 0 Å². The molecule has 2 aliphatic rings. The maximum absolute atomic E-state index is 14.4. The van der Waals surface area contributed by atoms with Gasteiger partial charge < -0.3 is 5.32 Å². The molecule has 0 aromatic heterocycles. The van der Waals surface area contributed by atoms with Crippen molar-refractivity contribution in [2.75, 3.05) is 26.2 Å². The first-order valence-electron chi connectivity index (χ1n) is 7.16. The van der Waals surface area contributed by atoms with Gasteiger partial charge in [-0.1, -0.05) is 30.2 Å². The van der Waals surface area contributed by atoms with Gasteiger partial charge in [-0.15, -0.1) is 12.4 Å². The predicted octanol–water partition coefficient (Wildman–Crippen LogP) is 3.65. The topological polar surface area (TPSA) is 15.3 Å². The molecule has 1 saturated heterocycles. The second kappa shape index (κ2) is 7.08. The van der Waals surface area contributed by atoms with Gasteiger partial charge >= 0.3 is 0 Å². The van der Waals surface area contributed by atoms with Crippen LogP contribution in [0, 0.1) is 11.7 Å². The molecular weight excluding hydrogens is 298 g/mol. The first kappa shape index (κ1) is 16.0. The van der Waals surface area contributed by atoms with Crippen molar-refractivity contribution in [2.45, 2.75) is 25.3 Å². The molecule has 1 heterocycles. The summed E-state index contributed by atoms with van der Waals surface area (Å²) in [6.45, 7) is 3.97. The van der Waals surface area contributed by atoms with E-state index in [9.17, 15) is 4.39 Å². The molecule has 0 unspecified atom stereocenters.